The van der Waals surface area contributed by atoms with Crippen LogP contribution in [0.4, 0.5) is 0 Å². The van der Waals surface area contributed by atoms with E-state index in [1.165, 1.54) is 6.42 Å². The SMILES string of the molecule is CCCCOCCNCCOCCCOC. The molecule has 0 aromatic heterocycles. The Kier molecular flexibility index (Phi) is 14.7. The fourth-order valence-corrected chi connectivity index (χ4v) is 1.17. The summed E-state index contributed by atoms with van der Waals surface area (Å²) in [5.41, 5.74) is 0. The van der Waals surface area contributed by atoms with E-state index in [0.717, 1.165) is 59.0 Å². The molecule has 0 aliphatic heterocycles. The maximum Gasteiger partial charge on any atom is 0.0590 e. The lowest BCUT2D eigenvalue weighted by Gasteiger charge is -2.06. The van der Waals surface area contributed by atoms with E-state index < -0.39 is 0 Å². The molecule has 0 amide bonds. The normalized spacial score (nSPS) is 10.9. The smallest absolute Gasteiger partial charge is 0.0590 e. The third-order valence-corrected chi connectivity index (χ3v) is 2.13. The molecule has 0 rings (SSSR count). The van der Waals surface area contributed by atoms with Crippen LogP contribution in [0.15, 0.2) is 0 Å². The highest BCUT2D eigenvalue weighted by atomic mass is 16.5. The summed E-state index contributed by atoms with van der Waals surface area (Å²) < 4.78 is 15.7. The van der Waals surface area contributed by atoms with Crippen LogP contribution in [0.3, 0.4) is 0 Å². The van der Waals surface area contributed by atoms with Crippen LogP contribution >= 0.6 is 0 Å². The van der Waals surface area contributed by atoms with E-state index in [-0.39, 0.29) is 0 Å². The molecule has 0 heterocycles. The Bertz CT molecular complexity index is 109. The standard InChI is InChI=1S/C12H27NO3/c1-3-4-9-15-11-6-13-7-12-16-10-5-8-14-2/h13H,3-12H2,1-2H3. The molecule has 98 valence electrons. The lowest BCUT2D eigenvalue weighted by Crippen LogP contribution is -2.24. The van der Waals surface area contributed by atoms with Crippen molar-refractivity contribution in [1.29, 1.82) is 0 Å². The average molecular weight is 233 g/mol. The molecule has 0 bridgehead atoms. The quantitative estimate of drug-likeness (QED) is 0.489. The number of unbranched alkanes of at least 4 members (excludes halogenated alkanes) is 1. The van der Waals surface area contributed by atoms with Crippen LogP contribution in [0.5, 0.6) is 0 Å². The first-order valence-corrected chi connectivity index (χ1v) is 6.27. The lowest BCUT2D eigenvalue weighted by atomic mass is 10.4. The summed E-state index contributed by atoms with van der Waals surface area (Å²) in [5, 5.41) is 3.27. The number of rotatable bonds is 13. The highest BCUT2D eigenvalue weighted by Gasteiger charge is 1.90. The van der Waals surface area contributed by atoms with Gasteiger partial charge in [0.25, 0.3) is 0 Å². The van der Waals surface area contributed by atoms with Gasteiger partial charge in [-0.3, -0.25) is 0 Å². The molecule has 0 aromatic rings. The van der Waals surface area contributed by atoms with Crippen LogP contribution in [0.2, 0.25) is 0 Å². The number of methoxy groups -OCH3 is 1. The van der Waals surface area contributed by atoms with Gasteiger partial charge in [0.15, 0.2) is 0 Å². The average Bonchev–Trinajstić information content (AvgIpc) is 2.31. The van der Waals surface area contributed by atoms with Crippen molar-refractivity contribution in [3.05, 3.63) is 0 Å². The largest absolute Gasteiger partial charge is 0.385 e. The van der Waals surface area contributed by atoms with Crippen LogP contribution in [0.1, 0.15) is 26.2 Å². The Hall–Kier alpha value is -0.160. The molecule has 0 aromatic carbocycles. The van der Waals surface area contributed by atoms with Crippen molar-refractivity contribution < 1.29 is 14.2 Å². The lowest BCUT2D eigenvalue weighted by molar-refractivity contribution is 0.100. The minimum absolute atomic E-state index is 0.763. The van der Waals surface area contributed by atoms with Crippen molar-refractivity contribution >= 4 is 0 Å². The first-order valence-electron chi connectivity index (χ1n) is 6.27. The van der Waals surface area contributed by atoms with Crippen molar-refractivity contribution in [2.75, 3.05) is 53.2 Å². The van der Waals surface area contributed by atoms with E-state index in [1.54, 1.807) is 7.11 Å². The van der Waals surface area contributed by atoms with Crippen molar-refractivity contribution in [3.63, 3.8) is 0 Å². The molecular formula is C12H27NO3. The highest BCUT2D eigenvalue weighted by molar-refractivity contribution is 4.45. The zero-order valence-corrected chi connectivity index (χ0v) is 10.8. The van der Waals surface area contributed by atoms with E-state index in [2.05, 4.69) is 12.2 Å². The molecule has 0 fully saturated rings. The molecule has 4 nitrogen and oxygen atoms in total. The third kappa shape index (κ3) is 13.8. The second-order valence-corrected chi connectivity index (χ2v) is 3.67. The van der Waals surface area contributed by atoms with Gasteiger partial charge in [-0.05, 0) is 12.8 Å². The summed E-state index contributed by atoms with van der Waals surface area (Å²) in [6.07, 6.45) is 3.32. The maximum absolute atomic E-state index is 5.41. The molecule has 0 radical (unpaired) electrons. The maximum atomic E-state index is 5.41. The van der Waals surface area contributed by atoms with Gasteiger partial charge in [0.2, 0.25) is 0 Å². The summed E-state index contributed by atoms with van der Waals surface area (Å²) in [7, 11) is 1.71. The molecule has 0 spiro atoms. The van der Waals surface area contributed by atoms with Crippen LogP contribution in [0.25, 0.3) is 0 Å². The Morgan fingerprint density at radius 1 is 0.812 bits per heavy atom. The van der Waals surface area contributed by atoms with Crippen LogP contribution < -0.4 is 5.32 Å². The molecule has 0 saturated carbocycles. The first kappa shape index (κ1) is 15.8. The van der Waals surface area contributed by atoms with Gasteiger partial charge in [-0.2, -0.15) is 0 Å². The van der Waals surface area contributed by atoms with Crippen LogP contribution in [0, 0.1) is 0 Å². The second kappa shape index (κ2) is 14.8. The number of nitrogens with one attached hydrogen (secondary N) is 1. The Morgan fingerprint density at radius 2 is 1.44 bits per heavy atom. The first-order chi connectivity index (χ1) is 7.91. The van der Waals surface area contributed by atoms with Crippen molar-refractivity contribution in [2.45, 2.75) is 26.2 Å². The predicted molar refractivity (Wildman–Crippen MR) is 65.9 cm³/mol. The topological polar surface area (TPSA) is 39.7 Å². The third-order valence-electron chi connectivity index (χ3n) is 2.13. The van der Waals surface area contributed by atoms with E-state index in [4.69, 9.17) is 14.2 Å². The molecule has 4 heteroatoms. The van der Waals surface area contributed by atoms with Crippen LogP contribution in [-0.2, 0) is 14.2 Å². The second-order valence-electron chi connectivity index (χ2n) is 3.67. The van der Waals surface area contributed by atoms with Crippen molar-refractivity contribution in [2.24, 2.45) is 0 Å². The van der Waals surface area contributed by atoms with Crippen molar-refractivity contribution in [3.8, 4) is 0 Å². The highest BCUT2D eigenvalue weighted by Crippen LogP contribution is 1.86. The molecule has 1 N–H and O–H groups in total. The Morgan fingerprint density at radius 3 is 2.00 bits per heavy atom. The minimum atomic E-state index is 0.763. The fourth-order valence-electron chi connectivity index (χ4n) is 1.17. The molecular weight excluding hydrogens is 206 g/mol. The molecule has 0 aliphatic rings. The zero-order chi connectivity index (χ0) is 11.9. The number of hydrogen-bond donors (Lipinski definition) is 1. The summed E-state index contributed by atoms with van der Waals surface area (Å²) in [6, 6.07) is 0. The van der Waals surface area contributed by atoms with Crippen molar-refractivity contribution in [1.82, 2.24) is 5.32 Å². The Labute approximate surface area is 99.6 Å². The van der Waals surface area contributed by atoms with Gasteiger partial charge in [0, 0.05) is 40.0 Å². The van der Waals surface area contributed by atoms with Gasteiger partial charge in [0.05, 0.1) is 13.2 Å². The van der Waals surface area contributed by atoms with Gasteiger partial charge >= 0.3 is 0 Å². The van der Waals surface area contributed by atoms with E-state index in [9.17, 15) is 0 Å². The monoisotopic (exact) mass is 233 g/mol. The van der Waals surface area contributed by atoms with Gasteiger partial charge in [0.1, 0.15) is 0 Å². The van der Waals surface area contributed by atoms with Gasteiger partial charge in [-0.15, -0.1) is 0 Å². The molecule has 16 heavy (non-hydrogen) atoms. The van der Waals surface area contributed by atoms with E-state index in [0.29, 0.717) is 0 Å². The molecule has 0 aliphatic carbocycles. The molecule has 0 atom stereocenters. The molecule has 0 saturated heterocycles. The summed E-state index contributed by atoms with van der Waals surface area (Å²) in [4.78, 5) is 0. The minimum Gasteiger partial charge on any atom is -0.385 e. The predicted octanol–water partition coefficient (Wildman–Crippen LogP) is 1.45. The summed E-state index contributed by atoms with van der Waals surface area (Å²) in [5.74, 6) is 0. The van der Waals surface area contributed by atoms with Gasteiger partial charge in [-0.25, -0.2) is 0 Å². The Balaban J connectivity index is 2.83. The zero-order valence-electron chi connectivity index (χ0n) is 10.8. The van der Waals surface area contributed by atoms with E-state index in [1.807, 2.05) is 0 Å². The number of ether oxygens (including phenoxy) is 3. The van der Waals surface area contributed by atoms with Crippen LogP contribution in [-0.4, -0.2) is 53.2 Å². The fraction of sp³-hybridized carbons (Fsp3) is 1.00. The summed E-state index contributed by atoms with van der Waals surface area (Å²) >= 11 is 0. The van der Waals surface area contributed by atoms with E-state index >= 15 is 0 Å². The molecule has 0 unspecified atom stereocenters. The van der Waals surface area contributed by atoms with Gasteiger partial charge < -0.3 is 19.5 Å². The summed E-state index contributed by atoms with van der Waals surface area (Å²) in [6.45, 7) is 7.97. The van der Waals surface area contributed by atoms with Gasteiger partial charge in [-0.1, -0.05) is 13.3 Å². The number of hydrogen-bond acceptors (Lipinski definition) is 4.